The topological polar surface area (TPSA) is 111 Å². The molecule has 0 atom stereocenters. The maximum atomic E-state index is 13.1. The van der Waals surface area contributed by atoms with Crippen LogP contribution in [0, 0.1) is 25.2 Å². The van der Waals surface area contributed by atoms with Gasteiger partial charge in [-0.2, -0.15) is 14.7 Å². The highest BCUT2D eigenvalue weighted by Gasteiger charge is 2.30. The highest BCUT2D eigenvalue weighted by atomic mass is 32.2. The van der Waals surface area contributed by atoms with Crippen LogP contribution in [-0.4, -0.2) is 66.0 Å². The van der Waals surface area contributed by atoms with E-state index >= 15 is 0 Å². The molecule has 0 aliphatic carbocycles. The molecule has 1 saturated heterocycles. The molecule has 0 radical (unpaired) electrons. The van der Waals surface area contributed by atoms with Crippen molar-refractivity contribution in [3.8, 4) is 11.8 Å². The van der Waals surface area contributed by atoms with Gasteiger partial charge in [0.2, 0.25) is 15.9 Å². The lowest BCUT2D eigenvalue weighted by molar-refractivity contribution is -0.117. The fraction of sp³-hybridized carbons (Fsp3) is 0.292. The number of carbonyl (C=O) groups excluding carboxylic acids is 1. The van der Waals surface area contributed by atoms with Crippen molar-refractivity contribution in [3.05, 3.63) is 71.4 Å². The van der Waals surface area contributed by atoms with Crippen molar-refractivity contribution in [1.29, 1.82) is 5.26 Å². The Morgan fingerprint density at radius 3 is 2.47 bits per heavy atom. The van der Waals surface area contributed by atoms with Crippen LogP contribution in [0.3, 0.4) is 0 Å². The molecule has 2 heterocycles. The van der Waals surface area contributed by atoms with Gasteiger partial charge in [0.15, 0.2) is 5.82 Å². The van der Waals surface area contributed by atoms with Gasteiger partial charge in [0.25, 0.3) is 0 Å². The van der Waals surface area contributed by atoms with Crippen LogP contribution in [-0.2, 0) is 14.8 Å². The Balaban J connectivity index is 1.40. The number of anilines is 1. The first kappa shape index (κ1) is 23.6. The lowest BCUT2D eigenvalue weighted by atomic mass is 10.2. The number of carbonyl (C=O) groups is 1. The second kappa shape index (κ2) is 9.77. The molecule has 1 aliphatic rings. The van der Waals surface area contributed by atoms with Gasteiger partial charge in [-0.3, -0.25) is 9.69 Å². The number of hydrogen-bond acceptors (Lipinski definition) is 6. The Labute approximate surface area is 199 Å². The fourth-order valence-corrected chi connectivity index (χ4v) is 5.67. The van der Waals surface area contributed by atoms with Crippen LogP contribution in [0.5, 0.6) is 0 Å². The van der Waals surface area contributed by atoms with Crippen LogP contribution in [0.2, 0.25) is 0 Å². The summed E-state index contributed by atoms with van der Waals surface area (Å²) in [5, 5.41) is 16.5. The summed E-state index contributed by atoms with van der Waals surface area (Å²) in [6.07, 6.45) is 1.42. The summed E-state index contributed by atoms with van der Waals surface area (Å²) in [7, 11) is -3.59. The predicted molar refractivity (Wildman–Crippen MR) is 128 cm³/mol. The standard InChI is InChI=1S/C24H26N6O3S/c1-18-8-9-19(2)22(14-18)34(32,33)29-12-10-28(11-13-29)17-23(31)27-24-20(15-25)16-26-30(24)21-6-4-3-5-7-21/h3-9,14,16H,10-13,17H2,1-2H3,(H,27,31). The van der Waals surface area contributed by atoms with Crippen molar-refractivity contribution in [2.24, 2.45) is 0 Å². The van der Waals surface area contributed by atoms with Gasteiger partial charge >= 0.3 is 0 Å². The van der Waals surface area contributed by atoms with E-state index in [9.17, 15) is 18.5 Å². The molecular formula is C24H26N6O3S. The molecule has 1 aromatic heterocycles. The molecule has 1 amide bonds. The van der Waals surface area contributed by atoms with Crippen molar-refractivity contribution < 1.29 is 13.2 Å². The highest BCUT2D eigenvalue weighted by Crippen LogP contribution is 2.23. The van der Waals surface area contributed by atoms with Crippen LogP contribution in [0.25, 0.3) is 5.69 Å². The molecule has 0 unspecified atom stereocenters. The summed E-state index contributed by atoms with van der Waals surface area (Å²) in [6, 6.07) is 16.7. The first-order valence-corrected chi connectivity index (χ1v) is 12.4. The molecule has 1 N–H and O–H groups in total. The van der Waals surface area contributed by atoms with Gasteiger partial charge in [-0.15, -0.1) is 0 Å². The number of piperazine rings is 1. The van der Waals surface area contributed by atoms with Gasteiger partial charge in [-0.1, -0.05) is 30.3 Å². The molecule has 0 spiro atoms. The maximum Gasteiger partial charge on any atom is 0.243 e. The smallest absolute Gasteiger partial charge is 0.243 e. The number of para-hydroxylation sites is 1. The average Bonchev–Trinajstić information content (AvgIpc) is 3.23. The van der Waals surface area contributed by atoms with E-state index in [0.717, 1.165) is 16.8 Å². The molecule has 176 valence electrons. The predicted octanol–water partition coefficient (Wildman–Crippen LogP) is 2.31. The number of amides is 1. The lowest BCUT2D eigenvalue weighted by Crippen LogP contribution is -2.50. The summed E-state index contributed by atoms with van der Waals surface area (Å²) in [4.78, 5) is 15.0. The van der Waals surface area contributed by atoms with Crippen molar-refractivity contribution in [1.82, 2.24) is 19.0 Å². The molecule has 1 fully saturated rings. The van der Waals surface area contributed by atoms with Gasteiger partial charge in [-0.25, -0.2) is 13.1 Å². The minimum absolute atomic E-state index is 0.0855. The molecule has 34 heavy (non-hydrogen) atoms. The second-order valence-electron chi connectivity index (χ2n) is 8.26. The minimum atomic E-state index is -3.59. The SMILES string of the molecule is Cc1ccc(C)c(S(=O)(=O)N2CCN(CC(=O)Nc3c(C#N)cnn3-c3ccccc3)CC2)c1. The van der Waals surface area contributed by atoms with Crippen molar-refractivity contribution >= 4 is 21.7 Å². The lowest BCUT2D eigenvalue weighted by Gasteiger charge is -2.33. The monoisotopic (exact) mass is 478 g/mol. The molecule has 1 aliphatic heterocycles. The summed E-state index contributed by atoms with van der Waals surface area (Å²) in [5.74, 6) is 0.0230. The molecule has 2 aromatic carbocycles. The van der Waals surface area contributed by atoms with E-state index in [1.165, 1.54) is 15.2 Å². The number of aryl methyl sites for hydroxylation is 2. The number of rotatable bonds is 6. The molecule has 4 rings (SSSR count). The van der Waals surface area contributed by atoms with Gasteiger partial charge in [0, 0.05) is 26.2 Å². The van der Waals surface area contributed by atoms with E-state index in [1.807, 2.05) is 54.3 Å². The van der Waals surface area contributed by atoms with E-state index < -0.39 is 10.0 Å². The normalized spacial score (nSPS) is 15.1. The van der Waals surface area contributed by atoms with Crippen LogP contribution < -0.4 is 5.32 Å². The largest absolute Gasteiger partial charge is 0.308 e. The van der Waals surface area contributed by atoms with Gasteiger partial charge < -0.3 is 5.32 Å². The number of sulfonamides is 1. The Kier molecular flexibility index (Phi) is 6.79. The van der Waals surface area contributed by atoms with Crippen LogP contribution >= 0.6 is 0 Å². The van der Waals surface area contributed by atoms with Gasteiger partial charge in [-0.05, 0) is 43.2 Å². The second-order valence-corrected chi connectivity index (χ2v) is 10.2. The molecule has 0 saturated carbocycles. The number of aromatic nitrogens is 2. The fourth-order valence-electron chi connectivity index (χ4n) is 3.94. The molecule has 3 aromatic rings. The van der Waals surface area contributed by atoms with Gasteiger partial charge in [0.05, 0.1) is 23.3 Å². The van der Waals surface area contributed by atoms with E-state index in [0.29, 0.717) is 36.9 Å². The van der Waals surface area contributed by atoms with Crippen LogP contribution in [0.1, 0.15) is 16.7 Å². The quantitative estimate of drug-likeness (QED) is 0.582. The van der Waals surface area contributed by atoms with E-state index in [2.05, 4.69) is 16.5 Å². The Morgan fingerprint density at radius 2 is 1.79 bits per heavy atom. The minimum Gasteiger partial charge on any atom is -0.308 e. The van der Waals surface area contributed by atoms with Crippen molar-refractivity contribution in [2.45, 2.75) is 18.7 Å². The summed E-state index contributed by atoms with van der Waals surface area (Å²) < 4.78 is 29.3. The Morgan fingerprint density at radius 1 is 1.09 bits per heavy atom. The number of benzene rings is 2. The zero-order valence-electron chi connectivity index (χ0n) is 19.1. The van der Waals surface area contributed by atoms with Crippen molar-refractivity contribution in [3.63, 3.8) is 0 Å². The van der Waals surface area contributed by atoms with Crippen molar-refractivity contribution in [2.75, 3.05) is 38.0 Å². The average molecular weight is 479 g/mol. The third kappa shape index (κ3) is 4.87. The molecule has 9 nitrogen and oxygen atoms in total. The van der Waals surface area contributed by atoms with E-state index in [1.54, 1.807) is 13.0 Å². The summed E-state index contributed by atoms with van der Waals surface area (Å²) in [6.45, 7) is 5.21. The van der Waals surface area contributed by atoms with E-state index in [4.69, 9.17) is 0 Å². The molecular weight excluding hydrogens is 452 g/mol. The number of hydrogen-bond donors (Lipinski definition) is 1. The van der Waals surface area contributed by atoms with Crippen LogP contribution in [0.15, 0.2) is 59.6 Å². The first-order chi connectivity index (χ1) is 16.3. The zero-order valence-corrected chi connectivity index (χ0v) is 19.9. The third-order valence-corrected chi connectivity index (χ3v) is 7.85. The summed E-state index contributed by atoms with van der Waals surface area (Å²) >= 11 is 0. The van der Waals surface area contributed by atoms with E-state index in [-0.39, 0.29) is 18.0 Å². The summed E-state index contributed by atoms with van der Waals surface area (Å²) in [5.41, 5.74) is 2.60. The Hall–Kier alpha value is -3.52. The van der Waals surface area contributed by atoms with Crippen LogP contribution in [0.4, 0.5) is 5.82 Å². The number of nitrogens with zero attached hydrogens (tertiary/aromatic N) is 5. The Bertz CT molecular complexity index is 1340. The first-order valence-electron chi connectivity index (χ1n) is 10.9. The third-order valence-electron chi connectivity index (χ3n) is 5.81. The molecule has 0 bridgehead atoms. The number of nitriles is 1. The highest BCUT2D eigenvalue weighted by molar-refractivity contribution is 7.89. The maximum absolute atomic E-state index is 13.1. The molecule has 10 heteroatoms. The number of nitrogens with one attached hydrogen (secondary N) is 1. The zero-order chi connectivity index (χ0) is 24.3. The van der Waals surface area contributed by atoms with Gasteiger partial charge in [0.1, 0.15) is 11.6 Å².